The molecule has 6 heteroatoms. The fraction of sp³-hybridized carbons (Fsp3) is 0. The minimum atomic E-state index is -1.06. The molecule has 0 atom stereocenters. The van der Waals surface area contributed by atoms with Crippen LogP contribution in [0.5, 0.6) is 11.5 Å². The first-order valence-electron chi connectivity index (χ1n) is 5.23. The molecule has 0 amide bonds. The Bertz CT molecular complexity index is 644. The molecule has 0 aliphatic carbocycles. The molecule has 0 fully saturated rings. The highest BCUT2D eigenvalue weighted by Gasteiger charge is 2.11. The lowest BCUT2D eigenvalue weighted by Crippen LogP contribution is -1.99. The van der Waals surface area contributed by atoms with Crippen molar-refractivity contribution in [3.05, 3.63) is 52.0 Å². The maximum atomic E-state index is 10.8. The van der Waals surface area contributed by atoms with E-state index < -0.39 is 5.97 Å². The molecular weight excluding hydrogens is 289 g/mol. The van der Waals surface area contributed by atoms with Crippen LogP contribution in [0.15, 0.2) is 36.4 Å². The summed E-state index contributed by atoms with van der Waals surface area (Å²) >= 11 is 11.9. The van der Waals surface area contributed by atoms with Crippen molar-refractivity contribution in [2.24, 2.45) is 0 Å². The first-order chi connectivity index (χ1) is 8.99. The molecule has 2 rings (SSSR count). The average molecular weight is 298 g/mol. The van der Waals surface area contributed by atoms with Gasteiger partial charge in [0, 0.05) is 0 Å². The van der Waals surface area contributed by atoms with Crippen molar-refractivity contribution in [3.8, 4) is 11.5 Å². The Morgan fingerprint density at radius 1 is 1.16 bits per heavy atom. The molecular formula is C13H9Cl2NO3. The van der Waals surface area contributed by atoms with Crippen LogP contribution >= 0.6 is 23.2 Å². The van der Waals surface area contributed by atoms with E-state index in [4.69, 9.17) is 38.8 Å². The van der Waals surface area contributed by atoms with E-state index >= 15 is 0 Å². The lowest BCUT2D eigenvalue weighted by atomic mass is 10.2. The van der Waals surface area contributed by atoms with Crippen LogP contribution in [0, 0.1) is 0 Å². The Hall–Kier alpha value is -1.91. The highest BCUT2D eigenvalue weighted by atomic mass is 35.5. The van der Waals surface area contributed by atoms with Crippen molar-refractivity contribution in [2.75, 3.05) is 5.73 Å². The number of rotatable bonds is 3. The Labute approximate surface area is 119 Å². The first kappa shape index (κ1) is 13.5. The molecule has 19 heavy (non-hydrogen) atoms. The van der Waals surface area contributed by atoms with Gasteiger partial charge in [0.25, 0.3) is 0 Å². The van der Waals surface area contributed by atoms with Gasteiger partial charge in [0.15, 0.2) is 0 Å². The predicted octanol–water partition coefficient (Wildman–Crippen LogP) is 4.07. The second-order valence-electron chi connectivity index (χ2n) is 3.71. The molecule has 0 aliphatic heterocycles. The van der Waals surface area contributed by atoms with Gasteiger partial charge in [-0.1, -0.05) is 29.3 Å². The Morgan fingerprint density at radius 3 is 2.53 bits per heavy atom. The Morgan fingerprint density at radius 2 is 1.89 bits per heavy atom. The summed E-state index contributed by atoms with van der Waals surface area (Å²) in [6.07, 6.45) is 0. The summed E-state index contributed by atoms with van der Waals surface area (Å²) in [5, 5.41) is 9.47. The lowest BCUT2D eigenvalue weighted by Gasteiger charge is -2.10. The number of nitrogen functional groups attached to an aromatic ring is 1. The van der Waals surface area contributed by atoms with Gasteiger partial charge in [-0.15, -0.1) is 0 Å². The monoisotopic (exact) mass is 297 g/mol. The van der Waals surface area contributed by atoms with Crippen LogP contribution in [0.3, 0.4) is 0 Å². The van der Waals surface area contributed by atoms with Gasteiger partial charge < -0.3 is 15.6 Å². The van der Waals surface area contributed by atoms with Crippen molar-refractivity contribution >= 4 is 34.9 Å². The van der Waals surface area contributed by atoms with Gasteiger partial charge in [0.2, 0.25) is 0 Å². The molecule has 2 aromatic rings. The Kier molecular flexibility index (Phi) is 3.83. The van der Waals surface area contributed by atoms with E-state index in [-0.39, 0.29) is 16.3 Å². The lowest BCUT2D eigenvalue weighted by molar-refractivity contribution is 0.0697. The standard InChI is InChI=1S/C13H9Cl2NO3/c14-8-2-1-3-11(12(8)15)19-10-5-4-7(13(17)18)6-9(10)16/h1-6H,16H2,(H,17,18). The normalized spacial score (nSPS) is 10.2. The third-order valence-corrected chi connectivity index (χ3v) is 3.19. The number of anilines is 1. The van der Waals surface area contributed by atoms with E-state index in [9.17, 15) is 4.79 Å². The van der Waals surface area contributed by atoms with E-state index in [0.717, 1.165) is 0 Å². The van der Waals surface area contributed by atoms with E-state index in [0.29, 0.717) is 16.5 Å². The number of carbonyl (C=O) groups is 1. The SMILES string of the molecule is Nc1cc(C(=O)O)ccc1Oc1cccc(Cl)c1Cl. The molecule has 0 spiro atoms. The van der Waals surface area contributed by atoms with Crippen LogP contribution in [-0.2, 0) is 0 Å². The van der Waals surface area contributed by atoms with Crippen molar-refractivity contribution < 1.29 is 14.6 Å². The number of hydrogen-bond donors (Lipinski definition) is 2. The first-order valence-corrected chi connectivity index (χ1v) is 5.99. The van der Waals surface area contributed by atoms with Crippen molar-refractivity contribution in [3.63, 3.8) is 0 Å². The smallest absolute Gasteiger partial charge is 0.335 e. The quantitative estimate of drug-likeness (QED) is 0.838. The van der Waals surface area contributed by atoms with Gasteiger partial charge in [0.05, 0.1) is 16.3 Å². The van der Waals surface area contributed by atoms with E-state index in [2.05, 4.69) is 0 Å². The number of benzene rings is 2. The number of nitrogens with two attached hydrogens (primary N) is 1. The predicted molar refractivity (Wildman–Crippen MR) is 74.3 cm³/mol. The van der Waals surface area contributed by atoms with E-state index in [1.165, 1.54) is 18.2 Å². The fourth-order valence-corrected chi connectivity index (χ4v) is 1.79. The van der Waals surface area contributed by atoms with Gasteiger partial charge in [-0.25, -0.2) is 4.79 Å². The van der Waals surface area contributed by atoms with Gasteiger partial charge in [-0.05, 0) is 30.3 Å². The highest BCUT2D eigenvalue weighted by molar-refractivity contribution is 6.42. The second kappa shape index (κ2) is 5.38. The average Bonchev–Trinajstić information content (AvgIpc) is 2.37. The maximum absolute atomic E-state index is 10.8. The van der Waals surface area contributed by atoms with Crippen LogP contribution in [0.1, 0.15) is 10.4 Å². The largest absolute Gasteiger partial charge is 0.478 e. The molecule has 0 aromatic heterocycles. The summed E-state index contributed by atoms with van der Waals surface area (Å²) in [7, 11) is 0. The number of carboxylic acid groups (broad SMARTS) is 1. The minimum Gasteiger partial charge on any atom is -0.478 e. The molecule has 98 valence electrons. The molecule has 4 nitrogen and oxygen atoms in total. The third kappa shape index (κ3) is 2.92. The number of ether oxygens (including phenoxy) is 1. The van der Waals surface area contributed by atoms with Crippen molar-refractivity contribution in [1.82, 2.24) is 0 Å². The van der Waals surface area contributed by atoms with Crippen molar-refractivity contribution in [1.29, 1.82) is 0 Å². The van der Waals surface area contributed by atoms with Gasteiger partial charge in [0.1, 0.15) is 16.5 Å². The summed E-state index contributed by atoms with van der Waals surface area (Å²) in [5.41, 5.74) is 6.02. The summed E-state index contributed by atoms with van der Waals surface area (Å²) in [6, 6.07) is 9.14. The number of aromatic carboxylic acids is 1. The molecule has 0 unspecified atom stereocenters. The van der Waals surface area contributed by atoms with Crippen LogP contribution in [0.2, 0.25) is 10.0 Å². The maximum Gasteiger partial charge on any atom is 0.335 e. The molecule has 0 aliphatic rings. The third-order valence-electron chi connectivity index (χ3n) is 2.39. The summed E-state index contributed by atoms with van der Waals surface area (Å²) in [5.74, 6) is -0.392. The molecule has 0 saturated heterocycles. The van der Waals surface area contributed by atoms with Crippen molar-refractivity contribution in [2.45, 2.75) is 0 Å². The second-order valence-corrected chi connectivity index (χ2v) is 4.50. The Balaban J connectivity index is 2.34. The summed E-state index contributed by atoms with van der Waals surface area (Å²) in [4.78, 5) is 10.8. The van der Waals surface area contributed by atoms with Crippen LogP contribution in [-0.4, -0.2) is 11.1 Å². The minimum absolute atomic E-state index is 0.0852. The van der Waals surface area contributed by atoms with Gasteiger partial charge in [-0.3, -0.25) is 0 Å². The number of halogens is 2. The zero-order valence-electron chi connectivity index (χ0n) is 9.56. The van der Waals surface area contributed by atoms with E-state index in [1.54, 1.807) is 18.2 Å². The number of carboxylic acids is 1. The number of hydrogen-bond acceptors (Lipinski definition) is 3. The van der Waals surface area contributed by atoms with Crippen LogP contribution < -0.4 is 10.5 Å². The topological polar surface area (TPSA) is 72.6 Å². The van der Waals surface area contributed by atoms with Gasteiger partial charge in [-0.2, -0.15) is 0 Å². The fourth-order valence-electron chi connectivity index (χ4n) is 1.46. The van der Waals surface area contributed by atoms with Crippen LogP contribution in [0.4, 0.5) is 5.69 Å². The van der Waals surface area contributed by atoms with Gasteiger partial charge >= 0.3 is 5.97 Å². The summed E-state index contributed by atoms with van der Waals surface area (Å²) in [6.45, 7) is 0. The molecule has 3 N–H and O–H groups in total. The molecule has 0 heterocycles. The molecule has 2 aromatic carbocycles. The zero-order valence-corrected chi connectivity index (χ0v) is 11.1. The molecule has 0 radical (unpaired) electrons. The summed E-state index contributed by atoms with van der Waals surface area (Å²) < 4.78 is 5.52. The van der Waals surface area contributed by atoms with E-state index in [1.807, 2.05) is 0 Å². The molecule has 0 saturated carbocycles. The zero-order chi connectivity index (χ0) is 14.0. The van der Waals surface area contributed by atoms with Crippen LogP contribution in [0.25, 0.3) is 0 Å². The molecule has 0 bridgehead atoms. The highest BCUT2D eigenvalue weighted by Crippen LogP contribution is 2.36.